The van der Waals surface area contributed by atoms with Gasteiger partial charge in [0.15, 0.2) is 11.5 Å². The summed E-state index contributed by atoms with van der Waals surface area (Å²) >= 11 is 0. The van der Waals surface area contributed by atoms with Crippen molar-refractivity contribution in [2.24, 2.45) is 11.7 Å². The van der Waals surface area contributed by atoms with Gasteiger partial charge in [-0.3, -0.25) is 9.59 Å². The molecule has 6 nitrogen and oxygen atoms in total. The van der Waals surface area contributed by atoms with E-state index in [9.17, 15) is 14.7 Å². The van der Waals surface area contributed by atoms with Gasteiger partial charge in [-0.1, -0.05) is 13.0 Å². The molecular formula is C14H19N2O4. The molecule has 0 unspecified atom stereocenters. The number of phenolic OH excluding ortho intramolecular Hbond substituents is 1. The van der Waals surface area contributed by atoms with Crippen LogP contribution in [-0.2, 0) is 16.1 Å². The minimum Gasteiger partial charge on any atom is -0.504 e. The van der Waals surface area contributed by atoms with Gasteiger partial charge in [-0.25, -0.2) is 0 Å². The topological polar surface area (TPSA) is 102 Å². The Kier molecular flexibility index (Phi) is 5.83. The molecule has 1 rings (SSSR count). The van der Waals surface area contributed by atoms with Crippen molar-refractivity contribution in [2.45, 2.75) is 19.9 Å². The lowest BCUT2D eigenvalue weighted by molar-refractivity contribution is -0.119. The van der Waals surface area contributed by atoms with Gasteiger partial charge in [0.25, 0.3) is 0 Å². The van der Waals surface area contributed by atoms with E-state index in [1.54, 1.807) is 19.1 Å². The van der Waals surface area contributed by atoms with E-state index in [2.05, 4.69) is 5.32 Å². The molecule has 4 N–H and O–H groups in total. The molecular weight excluding hydrogens is 260 g/mol. The number of carbonyl (C=O) groups excluding carboxylic acids is 2. The number of hydrogen-bond donors (Lipinski definition) is 3. The minimum atomic E-state index is -0.443. The molecule has 0 aliphatic rings. The maximum absolute atomic E-state index is 11.6. The number of carbonyl (C=O) groups is 2. The zero-order chi connectivity index (χ0) is 15.1. The summed E-state index contributed by atoms with van der Waals surface area (Å²) in [5, 5.41) is 12.3. The third kappa shape index (κ3) is 5.17. The van der Waals surface area contributed by atoms with Crippen LogP contribution in [0.3, 0.4) is 0 Å². The van der Waals surface area contributed by atoms with E-state index >= 15 is 0 Å². The van der Waals surface area contributed by atoms with Crippen LogP contribution in [0.15, 0.2) is 18.2 Å². The Labute approximate surface area is 117 Å². The van der Waals surface area contributed by atoms with Gasteiger partial charge in [0.1, 0.15) is 0 Å². The molecule has 1 atom stereocenters. The summed E-state index contributed by atoms with van der Waals surface area (Å²) < 4.78 is 4.93. The molecule has 109 valence electrons. The zero-order valence-corrected chi connectivity index (χ0v) is 11.6. The first-order valence-corrected chi connectivity index (χ1v) is 6.19. The highest BCUT2D eigenvalue weighted by molar-refractivity contribution is 5.86. The minimum absolute atomic E-state index is 0.0188. The van der Waals surface area contributed by atoms with Gasteiger partial charge in [0.2, 0.25) is 11.8 Å². The first-order chi connectivity index (χ1) is 9.42. The molecule has 0 bridgehead atoms. The van der Waals surface area contributed by atoms with Crippen molar-refractivity contribution >= 4 is 11.8 Å². The van der Waals surface area contributed by atoms with E-state index in [4.69, 9.17) is 10.5 Å². The Balaban J connectivity index is 2.44. The third-order valence-electron chi connectivity index (χ3n) is 2.67. The molecule has 0 saturated heterocycles. The molecule has 1 radical (unpaired) electrons. The molecule has 2 amide bonds. The van der Waals surface area contributed by atoms with Gasteiger partial charge in [-0.2, -0.15) is 0 Å². The first kappa shape index (κ1) is 15.8. The second-order valence-corrected chi connectivity index (χ2v) is 4.54. The summed E-state index contributed by atoms with van der Waals surface area (Å²) in [6, 6.07) is 4.88. The van der Waals surface area contributed by atoms with Crippen molar-refractivity contribution in [3.63, 3.8) is 0 Å². The highest BCUT2D eigenvalue weighted by Crippen LogP contribution is 2.26. The smallest absolute Gasteiger partial charge is 0.224 e. The number of benzene rings is 1. The van der Waals surface area contributed by atoms with Gasteiger partial charge < -0.3 is 20.9 Å². The fraction of sp³-hybridized carbons (Fsp3) is 0.357. The number of aromatic hydroxyl groups is 1. The van der Waals surface area contributed by atoms with Crippen molar-refractivity contribution < 1.29 is 19.4 Å². The second-order valence-electron chi connectivity index (χ2n) is 4.54. The maximum Gasteiger partial charge on any atom is 0.224 e. The van der Waals surface area contributed by atoms with E-state index < -0.39 is 5.91 Å². The second kappa shape index (κ2) is 7.37. The van der Waals surface area contributed by atoms with E-state index in [-0.39, 0.29) is 30.5 Å². The Hall–Kier alpha value is -2.24. The number of phenols is 1. The monoisotopic (exact) mass is 279 g/mol. The number of nitrogens with two attached hydrogens (primary N) is 1. The summed E-state index contributed by atoms with van der Waals surface area (Å²) in [4.78, 5) is 22.3. The van der Waals surface area contributed by atoms with Crippen LogP contribution in [-0.4, -0.2) is 24.0 Å². The summed E-state index contributed by atoms with van der Waals surface area (Å²) in [6.45, 7) is 2.01. The molecule has 0 aliphatic carbocycles. The SMILES string of the molecule is COc1ccc(CNC(=O)[CH][C@H](C)CC(N)=O)cc1O. The van der Waals surface area contributed by atoms with Gasteiger partial charge in [0, 0.05) is 13.0 Å². The molecule has 1 aromatic carbocycles. The quantitative estimate of drug-likeness (QED) is 0.685. The van der Waals surface area contributed by atoms with Crippen LogP contribution in [0, 0.1) is 12.3 Å². The average molecular weight is 279 g/mol. The number of hydrogen-bond acceptors (Lipinski definition) is 4. The van der Waals surface area contributed by atoms with Crippen molar-refractivity contribution in [1.82, 2.24) is 5.32 Å². The van der Waals surface area contributed by atoms with Crippen LogP contribution in [0.25, 0.3) is 0 Å². The van der Waals surface area contributed by atoms with Crippen molar-refractivity contribution in [3.05, 3.63) is 30.2 Å². The lowest BCUT2D eigenvalue weighted by atomic mass is 10.0. The van der Waals surface area contributed by atoms with Crippen LogP contribution in [0.5, 0.6) is 11.5 Å². The Morgan fingerprint density at radius 2 is 2.20 bits per heavy atom. The maximum atomic E-state index is 11.6. The lowest BCUT2D eigenvalue weighted by Gasteiger charge is -2.10. The van der Waals surface area contributed by atoms with Gasteiger partial charge >= 0.3 is 0 Å². The zero-order valence-electron chi connectivity index (χ0n) is 11.6. The van der Waals surface area contributed by atoms with Crippen LogP contribution < -0.4 is 15.8 Å². The Morgan fingerprint density at radius 3 is 2.75 bits per heavy atom. The number of amides is 2. The first-order valence-electron chi connectivity index (χ1n) is 6.19. The molecule has 20 heavy (non-hydrogen) atoms. The van der Waals surface area contributed by atoms with E-state index in [0.717, 1.165) is 5.56 Å². The fourth-order valence-electron chi connectivity index (χ4n) is 1.73. The normalized spacial score (nSPS) is 11.7. The van der Waals surface area contributed by atoms with Crippen LogP contribution in [0.1, 0.15) is 18.9 Å². The van der Waals surface area contributed by atoms with E-state index in [1.165, 1.54) is 19.6 Å². The lowest BCUT2D eigenvalue weighted by Crippen LogP contribution is -2.26. The molecule has 0 spiro atoms. The molecule has 0 aliphatic heterocycles. The molecule has 6 heteroatoms. The number of methoxy groups -OCH3 is 1. The standard InChI is InChI=1S/C14H19N2O4/c1-9(5-13(15)18)6-14(19)16-8-10-3-4-12(20-2)11(17)7-10/h3-4,6-7,9,17H,5,8H2,1-2H3,(H2,15,18)(H,16,19)/t9-/m1/s1. The Morgan fingerprint density at radius 1 is 1.50 bits per heavy atom. The predicted molar refractivity (Wildman–Crippen MR) is 73.8 cm³/mol. The molecule has 0 heterocycles. The highest BCUT2D eigenvalue weighted by atomic mass is 16.5. The number of ether oxygens (including phenoxy) is 1. The Bertz CT molecular complexity index is 488. The fourth-order valence-corrected chi connectivity index (χ4v) is 1.73. The van der Waals surface area contributed by atoms with Gasteiger partial charge in [-0.05, 0) is 23.6 Å². The number of primary amides is 1. The summed E-state index contributed by atoms with van der Waals surface area (Å²) in [7, 11) is 1.46. The summed E-state index contributed by atoms with van der Waals surface area (Å²) in [6.07, 6.45) is 1.55. The summed E-state index contributed by atoms with van der Waals surface area (Å²) in [5.41, 5.74) is 5.79. The summed E-state index contributed by atoms with van der Waals surface area (Å²) in [5.74, 6) is -0.542. The molecule has 0 aromatic heterocycles. The van der Waals surface area contributed by atoms with Gasteiger partial charge in [-0.15, -0.1) is 0 Å². The largest absolute Gasteiger partial charge is 0.504 e. The van der Waals surface area contributed by atoms with Crippen molar-refractivity contribution in [1.29, 1.82) is 0 Å². The van der Waals surface area contributed by atoms with Crippen molar-refractivity contribution in [2.75, 3.05) is 7.11 Å². The number of rotatable bonds is 7. The van der Waals surface area contributed by atoms with E-state index in [0.29, 0.717) is 5.75 Å². The predicted octanol–water partition coefficient (Wildman–Crippen LogP) is 0.733. The highest BCUT2D eigenvalue weighted by Gasteiger charge is 2.12. The van der Waals surface area contributed by atoms with Gasteiger partial charge in [0.05, 0.1) is 13.5 Å². The molecule has 1 aromatic rings. The van der Waals surface area contributed by atoms with Crippen LogP contribution in [0.4, 0.5) is 0 Å². The van der Waals surface area contributed by atoms with Crippen LogP contribution >= 0.6 is 0 Å². The third-order valence-corrected chi connectivity index (χ3v) is 2.67. The van der Waals surface area contributed by atoms with Crippen LogP contribution in [0.2, 0.25) is 0 Å². The average Bonchev–Trinajstić information content (AvgIpc) is 2.35. The molecule has 0 saturated carbocycles. The number of nitrogens with one attached hydrogen (secondary N) is 1. The van der Waals surface area contributed by atoms with Crippen molar-refractivity contribution in [3.8, 4) is 11.5 Å². The van der Waals surface area contributed by atoms with E-state index in [1.807, 2.05) is 0 Å². The molecule has 0 fully saturated rings.